The molecule has 1 fully saturated rings. The van der Waals surface area contributed by atoms with E-state index < -0.39 is 0 Å². The fourth-order valence-electron chi connectivity index (χ4n) is 2.68. The molecule has 1 aliphatic carbocycles. The van der Waals surface area contributed by atoms with Crippen molar-refractivity contribution >= 4 is 11.9 Å². The number of carbonyl (C=O) groups excluding carboxylic acids is 1. The number of hydrogen-bond donors (Lipinski definition) is 2. The summed E-state index contributed by atoms with van der Waals surface area (Å²) in [6, 6.07) is 8.06. The van der Waals surface area contributed by atoms with Crippen molar-refractivity contribution in [3.8, 4) is 0 Å². The molecular weight excluding hydrogens is 295 g/mol. The van der Waals surface area contributed by atoms with Gasteiger partial charge in [0.15, 0.2) is 0 Å². The van der Waals surface area contributed by atoms with E-state index in [1.165, 1.54) is 25.0 Å². The lowest BCUT2D eigenvalue weighted by molar-refractivity contribution is 0.0933. The maximum atomic E-state index is 12.9. The number of amides is 1. The van der Waals surface area contributed by atoms with Crippen LogP contribution >= 0.6 is 0 Å². The van der Waals surface area contributed by atoms with Crippen molar-refractivity contribution in [2.45, 2.75) is 38.3 Å². The number of halogens is 1. The van der Waals surface area contributed by atoms with E-state index in [-0.39, 0.29) is 17.8 Å². The molecule has 6 heteroatoms. The van der Waals surface area contributed by atoms with E-state index in [0.29, 0.717) is 18.2 Å². The van der Waals surface area contributed by atoms with Crippen molar-refractivity contribution < 1.29 is 9.18 Å². The first kappa shape index (κ1) is 15.4. The Hall–Kier alpha value is -2.50. The summed E-state index contributed by atoms with van der Waals surface area (Å²) < 4.78 is 12.9. The van der Waals surface area contributed by atoms with Gasteiger partial charge >= 0.3 is 0 Å². The average Bonchev–Trinajstić information content (AvgIpc) is 3.07. The Morgan fingerprint density at radius 2 is 1.91 bits per heavy atom. The number of hydrogen-bond acceptors (Lipinski definition) is 4. The van der Waals surface area contributed by atoms with Crippen molar-refractivity contribution in [1.29, 1.82) is 0 Å². The van der Waals surface area contributed by atoms with Gasteiger partial charge in [-0.1, -0.05) is 25.0 Å². The van der Waals surface area contributed by atoms with Crippen molar-refractivity contribution in [3.05, 3.63) is 53.6 Å². The zero-order valence-electron chi connectivity index (χ0n) is 12.8. The molecule has 0 aliphatic heterocycles. The number of carbonyl (C=O) groups is 1. The van der Waals surface area contributed by atoms with E-state index in [4.69, 9.17) is 0 Å². The largest absolute Gasteiger partial charge is 0.350 e. The molecule has 0 atom stereocenters. The molecule has 0 bridgehead atoms. The maximum absolute atomic E-state index is 12.9. The number of nitrogens with one attached hydrogen (secondary N) is 2. The molecule has 1 amide bonds. The van der Waals surface area contributed by atoms with Gasteiger partial charge in [-0.25, -0.2) is 14.4 Å². The van der Waals surface area contributed by atoms with E-state index in [9.17, 15) is 9.18 Å². The first-order valence-corrected chi connectivity index (χ1v) is 7.83. The topological polar surface area (TPSA) is 66.9 Å². The highest BCUT2D eigenvalue weighted by Crippen LogP contribution is 2.18. The van der Waals surface area contributed by atoms with Crippen LogP contribution in [0, 0.1) is 5.82 Å². The van der Waals surface area contributed by atoms with Crippen LogP contribution in [0.2, 0.25) is 0 Å². The maximum Gasteiger partial charge on any atom is 0.270 e. The van der Waals surface area contributed by atoms with Gasteiger partial charge in [0, 0.05) is 18.8 Å². The first-order valence-electron chi connectivity index (χ1n) is 7.83. The van der Waals surface area contributed by atoms with Crippen LogP contribution in [0.4, 0.5) is 10.3 Å². The highest BCUT2D eigenvalue weighted by molar-refractivity contribution is 5.92. The molecule has 2 N–H and O–H groups in total. The average molecular weight is 314 g/mol. The second kappa shape index (κ2) is 7.17. The molecule has 0 unspecified atom stereocenters. The molecule has 1 aliphatic rings. The van der Waals surface area contributed by atoms with Crippen molar-refractivity contribution in [2.75, 3.05) is 5.32 Å². The molecule has 0 saturated heterocycles. The summed E-state index contributed by atoms with van der Waals surface area (Å²) in [6.07, 6.45) is 5.96. The van der Waals surface area contributed by atoms with Crippen molar-refractivity contribution in [2.24, 2.45) is 0 Å². The first-order chi connectivity index (χ1) is 11.2. The predicted octanol–water partition coefficient (Wildman–Crippen LogP) is 2.90. The molecule has 3 rings (SSSR count). The van der Waals surface area contributed by atoms with E-state index in [2.05, 4.69) is 20.6 Å². The number of nitrogens with zero attached hydrogens (tertiary/aromatic N) is 2. The molecule has 0 radical (unpaired) electrons. The molecule has 1 saturated carbocycles. The lowest BCUT2D eigenvalue weighted by Gasteiger charge is -2.12. The molecular formula is C17H19FN4O. The summed E-state index contributed by atoms with van der Waals surface area (Å²) >= 11 is 0. The zero-order chi connectivity index (χ0) is 16.1. The third kappa shape index (κ3) is 4.25. The van der Waals surface area contributed by atoms with Crippen LogP contribution in [-0.2, 0) is 6.54 Å². The van der Waals surface area contributed by atoms with Gasteiger partial charge in [0.25, 0.3) is 5.91 Å². The summed E-state index contributed by atoms with van der Waals surface area (Å²) in [5.41, 5.74) is 1.27. The van der Waals surface area contributed by atoms with Crippen LogP contribution in [-0.4, -0.2) is 21.9 Å². The minimum absolute atomic E-state index is 0.163. The molecule has 1 heterocycles. The van der Waals surface area contributed by atoms with Crippen LogP contribution < -0.4 is 10.6 Å². The Bertz CT molecular complexity index is 669. The van der Waals surface area contributed by atoms with Gasteiger partial charge in [-0.2, -0.15) is 0 Å². The van der Waals surface area contributed by atoms with Crippen LogP contribution in [0.15, 0.2) is 36.5 Å². The van der Waals surface area contributed by atoms with Gasteiger partial charge in [-0.3, -0.25) is 4.79 Å². The molecule has 1 aromatic heterocycles. The van der Waals surface area contributed by atoms with Gasteiger partial charge in [0.2, 0.25) is 5.95 Å². The van der Waals surface area contributed by atoms with Gasteiger partial charge in [-0.05, 0) is 36.6 Å². The Morgan fingerprint density at radius 3 is 2.65 bits per heavy atom. The minimum atomic E-state index is -0.268. The Kier molecular flexibility index (Phi) is 4.80. The van der Waals surface area contributed by atoms with E-state index in [1.807, 2.05) is 0 Å². The fraction of sp³-hybridized carbons (Fsp3) is 0.353. The van der Waals surface area contributed by atoms with Gasteiger partial charge in [-0.15, -0.1) is 0 Å². The second-order valence-electron chi connectivity index (χ2n) is 5.70. The molecule has 2 aromatic rings. The number of aromatic nitrogens is 2. The smallest absolute Gasteiger partial charge is 0.270 e. The van der Waals surface area contributed by atoms with Crippen LogP contribution in [0.1, 0.15) is 41.7 Å². The van der Waals surface area contributed by atoms with Crippen molar-refractivity contribution in [1.82, 2.24) is 15.3 Å². The lowest BCUT2D eigenvalue weighted by Crippen LogP contribution is -2.33. The van der Waals surface area contributed by atoms with Gasteiger partial charge in [0.05, 0.1) is 0 Å². The van der Waals surface area contributed by atoms with E-state index in [0.717, 1.165) is 18.4 Å². The van der Waals surface area contributed by atoms with E-state index >= 15 is 0 Å². The number of rotatable bonds is 5. The fourth-order valence-corrected chi connectivity index (χ4v) is 2.68. The summed E-state index contributed by atoms with van der Waals surface area (Å²) in [6.45, 7) is 0.466. The lowest BCUT2D eigenvalue weighted by atomic mass is 10.2. The summed E-state index contributed by atoms with van der Waals surface area (Å²) in [7, 11) is 0. The Morgan fingerprint density at radius 1 is 1.17 bits per heavy atom. The minimum Gasteiger partial charge on any atom is -0.350 e. The zero-order valence-corrected chi connectivity index (χ0v) is 12.8. The molecule has 120 valence electrons. The number of anilines is 1. The number of benzene rings is 1. The van der Waals surface area contributed by atoms with Gasteiger partial charge < -0.3 is 10.6 Å². The van der Waals surface area contributed by atoms with Crippen LogP contribution in [0.25, 0.3) is 0 Å². The van der Waals surface area contributed by atoms with Crippen LogP contribution in [0.3, 0.4) is 0 Å². The Balaban J connectivity index is 1.60. The second-order valence-corrected chi connectivity index (χ2v) is 5.70. The normalized spacial score (nSPS) is 14.7. The van der Waals surface area contributed by atoms with E-state index in [1.54, 1.807) is 24.4 Å². The van der Waals surface area contributed by atoms with Gasteiger partial charge in [0.1, 0.15) is 11.5 Å². The highest BCUT2D eigenvalue weighted by Gasteiger charge is 2.18. The summed E-state index contributed by atoms with van der Waals surface area (Å²) in [5.74, 6) is -0.0480. The molecule has 5 nitrogen and oxygen atoms in total. The SMILES string of the molecule is O=C(NC1CCCC1)c1ccnc(NCc2ccc(F)cc2)n1. The van der Waals surface area contributed by atoms with Crippen LogP contribution in [0.5, 0.6) is 0 Å². The summed E-state index contributed by atoms with van der Waals surface area (Å²) in [4.78, 5) is 20.5. The standard InChI is InChI=1S/C17H19FN4O/c18-13-7-5-12(6-8-13)11-20-17-19-10-9-15(22-17)16(23)21-14-3-1-2-4-14/h5-10,14H,1-4,11H2,(H,21,23)(H,19,20,22). The highest BCUT2D eigenvalue weighted by atomic mass is 19.1. The third-order valence-corrected chi connectivity index (χ3v) is 3.94. The van der Waals surface area contributed by atoms with Crippen molar-refractivity contribution in [3.63, 3.8) is 0 Å². The molecule has 23 heavy (non-hydrogen) atoms. The Labute approximate surface area is 134 Å². The predicted molar refractivity (Wildman–Crippen MR) is 85.5 cm³/mol. The third-order valence-electron chi connectivity index (χ3n) is 3.94. The molecule has 1 aromatic carbocycles. The summed E-state index contributed by atoms with van der Waals surface area (Å²) in [5, 5.41) is 6.05. The monoisotopic (exact) mass is 314 g/mol. The molecule has 0 spiro atoms. The quantitative estimate of drug-likeness (QED) is 0.890.